The average Bonchev–Trinajstić information content (AvgIpc) is 2.98. The van der Waals surface area contributed by atoms with Crippen molar-refractivity contribution < 1.29 is 22.3 Å². The van der Waals surface area contributed by atoms with Crippen LogP contribution in [0, 0.1) is 19.7 Å². The molecular formula is C21H24FNO4S. The van der Waals surface area contributed by atoms with Crippen molar-refractivity contribution in [3.8, 4) is 5.75 Å². The second kappa shape index (κ2) is 8.31. The first-order chi connectivity index (χ1) is 13.2. The summed E-state index contributed by atoms with van der Waals surface area (Å²) in [5, 5.41) is 0. The number of carbonyl (C=O) groups excluding carboxylic acids is 1. The Balaban J connectivity index is 1.77. The van der Waals surface area contributed by atoms with Crippen molar-refractivity contribution in [1.29, 1.82) is 0 Å². The molecule has 0 spiro atoms. The molecule has 2 aromatic rings. The minimum atomic E-state index is -3.18. The third kappa shape index (κ3) is 5.10. The van der Waals surface area contributed by atoms with E-state index < -0.39 is 21.7 Å². The number of nitrogens with zero attached hydrogens (tertiary/aromatic N) is 1. The Kier molecular flexibility index (Phi) is 6.03. The van der Waals surface area contributed by atoms with Gasteiger partial charge in [-0.2, -0.15) is 0 Å². The van der Waals surface area contributed by atoms with Gasteiger partial charge in [0.25, 0.3) is 5.91 Å². The molecule has 1 unspecified atom stereocenters. The predicted molar refractivity (Wildman–Crippen MR) is 105 cm³/mol. The molecule has 2 aromatic carbocycles. The number of carbonyl (C=O) groups is 1. The average molecular weight is 405 g/mol. The minimum Gasteiger partial charge on any atom is -0.484 e. The fourth-order valence-corrected chi connectivity index (χ4v) is 5.23. The third-order valence-electron chi connectivity index (χ3n) is 4.83. The Hall–Kier alpha value is -2.41. The van der Waals surface area contributed by atoms with E-state index in [-0.39, 0.29) is 30.6 Å². The normalized spacial score (nSPS) is 18.0. The Morgan fingerprint density at radius 1 is 1.18 bits per heavy atom. The van der Waals surface area contributed by atoms with E-state index in [2.05, 4.69) is 0 Å². The van der Waals surface area contributed by atoms with Crippen LogP contribution in [0.4, 0.5) is 4.39 Å². The van der Waals surface area contributed by atoms with Crippen molar-refractivity contribution in [3.63, 3.8) is 0 Å². The first-order valence-corrected chi connectivity index (χ1v) is 11.0. The molecule has 0 N–H and O–H groups in total. The maximum absolute atomic E-state index is 14.1. The maximum Gasteiger partial charge on any atom is 0.261 e. The van der Waals surface area contributed by atoms with E-state index in [1.807, 2.05) is 32.0 Å². The fourth-order valence-electron chi connectivity index (χ4n) is 3.50. The molecule has 150 valence electrons. The zero-order chi connectivity index (χ0) is 20.3. The van der Waals surface area contributed by atoms with Gasteiger partial charge in [-0.25, -0.2) is 12.8 Å². The molecule has 0 aliphatic carbocycles. The van der Waals surface area contributed by atoms with Crippen molar-refractivity contribution in [2.45, 2.75) is 32.9 Å². The molecular weight excluding hydrogens is 381 g/mol. The number of rotatable bonds is 6. The minimum absolute atomic E-state index is 0.0158. The highest BCUT2D eigenvalue weighted by atomic mass is 32.2. The standard InChI is InChI=1S/C21H24FNO4S/c1-15-9-16(2)11-19(10-15)27-13-21(24)23(18-7-8-28(25,26)14-18)12-17-5-3-4-6-20(17)22/h3-6,9-11,18H,7-8,12-14H2,1-2H3. The Labute approximate surface area is 165 Å². The molecule has 0 bridgehead atoms. The second-order valence-electron chi connectivity index (χ2n) is 7.28. The molecule has 0 saturated carbocycles. The molecule has 1 heterocycles. The second-order valence-corrected chi connectivity index (χ2v) is 9.51. The summed E-state index contributed by atoms with van der Waals surface area (Å²) in [4.78, 5) is 14.3. The lowest BCUT2D eigenvalue weighted by Gasteiger charge is -2.28. The summed E-state index contributed by atoms with van der Waals surface area (Å²) in [7, 11) is -3.18. The summed E-state index contributed by atoms with van der Waals surface area (Å²) in [6, 6.07) is 11.4. The first-order valence-electron chi connectivity index (χ1n) is 9.18. The molecule has 1 fully saturated rings. The summed E-state index contributed by atoms with van der Waals surface area (Å²) < 4.78 is 43.6. The van der Waals surface area contributed by atoms with Crippen molar-refractivity contribution in [1.82, 2.24) is 4.90 Å². The lowest BCUT2D eigenvalue weighted by atomic mass is 10.1. The van der Waals surface area contributed by atoms with E-state index >= 15 is 0 Å². The largest absolute Gasteiger partial charge is 0.484 e. The SMILES string of the molecule is Cc1cc(C)cc(OCC(=O)N(Cc2ccccc2F)C2CCS(=O)(=O)C2)c1. The topological polar surface area (TPSA) is 63.7 Å². The Morgan fingerprint density at radius 3 is 2.46 bits per heavy atom. The van der Waals surface area contributed by atoms with Gasteiger partial charge in [-0.1, -0.05) is 24.3 Å². The summed E-state index contributed by atoms with van der Waals surface area (Å²) in [5.74, 6) is -0.260. The van der Waals surface area contributed by atoms with Gasteiger partial charge in [-0.15, -0.1) is 0 Å². The van der Waals surface area contributed by atoms with Gasteiger partial charge in [-0.3, -0.25) is 4.79 Å². The smallest absolute Gasteiger partial charge is 0.261 e. The highest BCUT2D eigenvalue weighted by Gasteiger charge is 2.35. The highest BCUT2D eigenvalue weighted by Crippen LogP contribution is 2.22. The van der Waals surface area contributed by atoms with Crippen LogP contribution in [0.1, 0.15) is 23.1 Å². The van der Waals surface area contributed by atoms with Crippen LogP contribution < -0.4 is 4.74 Å². The number of ether oxygens (including phenoxy) is 1. The quantitative estimate of drug-likeness (QED) is 0.741. The van der Waals surface area contributed by atoms with Gasteiger partial charge < -0.3 is 9.64 Å². The van der Waals surface area contributed by atoms with Gasteiger partial charge in [0.1, 0.15) is 11.6 Å². The molecule has 1 amide bonds. The van der Waals surface area contributed by atoms with E-state index in [1.165, 1.54) is 11.0 Å². The molecule has 1 aliphatic rings. The Bertz CT molecular complexity index is 954. The number of halogens is 1. The van der Waals surface area contributed by atoms with E-state index in [0.717, 1.165) is 11.1 Å². The van der Waals surface area contributed by atoms with Crippen LogP contribution in [0.5, 0.6) is 5.75 Å². The molecule has 28 heavy (non-hydrogen) atoms. The van der Waals surface area contributed by atoms with Crippen molar-refractivity contribution in [3.05, 3.63) is 65.0 Å². The summed E-state index contributed by atoms with van der Waals surface area (Å²) in [5.41, 5.74) is 2.40. The number of aryl methyl sites for hydroxylation is 2. The van der Waals surface area contributed by atoms with Gasteiger partial charge in [0.05, 0.1) is 11.5 Å². The molecule has 7 heteroatoms. The summed E-state index contributed by atoms with van der Waals surface area (Å²) in [6.45, 7) is 3.67. The number of amides is 1. The van der Waals surface area contributed by atoms with Crippen LogP contribution in [-0.4, -0.2) is 43.4 Å². The van der Waals surface area contributed by atoms with Crippen LogP contribution in [0.2, 0.25) is 0 Å². The third-order valence-corrected chi connectivity index (χ3v) is 6.58. The molecule has 5 nitrogen and oxygen atoms in total. The van der Waals surface area contributed by atoms with E-state index in [0.29, 0.717) is 17.7 Å². The van der Waals surface area contributed by atoms with Gasteiger partial charge in [0.15, 0.2) is 16.4 Å². The van der Waals surface area contributed by atoms with Crippen LogP contribution in [0.15, 0.2) is 42.5 Å². The zero-order valence-corrected chi connectivity index (χ0v) is 16.8. The number of hydrogen-bond donors (Lipinski definition) is 0. The highest BCUT2D eigenvalue weighted by molar-refractivity contribution is 7.91. The lowest BCUT2D eigenvalue weighted by molar-refractivity contribution is -0.136. The van der Waals surface area contributed by atoms with Crippen LogP contribution in [0.25, 0.3) is 0 Å². The molecule has 3 rings (SSSR count). The first kappa shape index (κ1) is 20.3. The van der Waals surface area contributed by atoms with Gasteiger partial charge in [0.2, 0.25) is 0 Å². The molecule has 0 radical (unpaired) electrons. The predicted octanol–water partition coefficient (Wildman–Crippen LogP) is 3.04. The molecule has 1 atom stereocenters. The molecule has 0 aromatic heterocycles. The van der Waals surface area contributed by atoms with Crippen molar-refractivity contribution in [2.75, 3.05) is 18.1 Å². The number of benzene rings is 2. The molecule has 1 saturated heterocycles. The zero-order valence-electron chi connectivity index (χ0n) is 16.0. The van der Waals surface area contributed by atoms with Crippen molar-refractivity contribution >= 4 is 15.7 Å². The van der Waals surface area contributed by atoms with Gasteiger partial charge in [-0.05, 0) is 49.6 Å². The summed E-state index contributed by atoms with van der Waals surface area (Å²) >= 11 is 0. The van der Waals surface area contributed by atoms with Gasteiger partial charge in [0, 0.05) is 18.2 Å². The van der Waals surface area contributed by atoms with E-state index in [4.69, 9.17) is 4.74 Å². The van der Waals surface area contributed by atoms with Crippen LogP contribution in [0.3, 0.4) is 0 Å². The number of hydrogen-bond acceptors (Lipinski definition) is 4. The molecule has 1 aliphatic heterocycles. The van der Waals surface area contributed by atoms with Crippen molar-refractivity contribution in [2.24, 2.45) is 0 Å². The fraction of sp³-hybridized carbons (Fsp3) is 0.381. The monoisotopic (exact) mass is 405 g/mol. The lowest BCUT2D eigenvalue weighted by Crippen LogP contribution is -2.43. The summed E-state index contributed by atoms with van der Waals surface area (Å²) in [6.07, 6.45) is 0.353. The van der Waals surface area contributed by atoms with Crippen LogP contribution >= 0.6 is 0 Å². The van der Waals surface area contributed by atoms with E-state index in [1.54, 1.807) is 18.2 Å². The maximum atomic E-state index is 14.1. The van der Waals surface area contributed by atoms with Gasteiger partial charge >= 0.3 is 0 Å². The number of sulfone groups is 1. The van der Waals surface area contributed by atoms with Crippen LogP contribution in [-0.2, 0) is 21.2 Å². The Morgan fingerprint density at radius 2 is 1.86 bits per heavy atom. The van der Waals surface area contributed by atoms with E-state index in [9.17, 15) is 17.6 Å².